The van der Waals surface area contributed by atoms with Crippen molar-refractivity contribution in [1.29, 1.82) is 0 Å². The Bertz CT molecular complexity index is 1030. The molecule has 166 valence electrons. The number of anilines is 3. The van der Waals surface area contributed by atoms with Crippen molar-refractivity contribution in [3.8, 4) is 0 Å². The highest BCUT2D eigenvalue weighted by molar-refractivity contribution is 5.98. The lowest BCUT2D eigenvalue weighted by Gasteiger charge is -2.37. The minimum atomic E-state index is -0.408. The minimum Gasteiger partial charge on any atom is -0.399 e. The number of rotatable bonds is 8. The second-order valence-corrected chi connectivity index (χ2v) is 8.21. The fourth-order valence-corrected chi connectivity index (χ4v) is 4.28. The molecule has 0 radical (unpaired) electrons. The first-order valence-electron chi connectivity index (χ1n) is 11.1. The average molecular weight is 430 g/mol. The fraction of sp³-hybridized carbons (Fsp3) is 0.269. The molecule has 0 saturated carbocycles. The molecular weight excluding hydrogens is 398 g/mol. The molecular formula is C26H31N5O. The molecule has 6 nitrogen and oxygen atoms in total. The van der Waals surface area contributed by atoms with Crippen LogP contribution in [-0.4, -0.2) is 50.1 Å². The van der Waals surface area contributed by atoms with Crippen molar-refractivity contribution in [2.45, 2.75) is 6.54 Å². The average Bonchev–Trinajstić information content (AvgIpc) is 2.83. The highest BCUT2D eigenvalue weighted by Gasteiger charge is 2.20. The molecule has 0 aromatic heterocycles. The van der Waals surface area contributed by atoms with E-state index >= 15 is 0 Å². The van der Waals surface area contributed by atoms with Crippen LogP contribution < -0.4 is 21.3 Å². The summed E-state index contributed by atoms with van der Waals surface area (Å²) < 4.78 is 0. The molecule has 0 unspecified atom stereocenters. The molecule has 1 aliphatic rings. The summed E-state index contributed by atoms with van der Waals surface area (Å²) in [5, 5.41) is 0. The molecule has 1 amide bonds. The van der Waals surface area contributed by atoms with Gasteiger partial charge in [0.15, 0.2) is 0 Å². The van der Waals surface area contributed by atoms with Crippen molar-refractivity contribution in [3.63, 3.8) is 0 Å². The molecule has 6 heteroatoms. The summed E-state index contributed by atoms with van der Waals surface area (Å²) in [5.74, 6) is -0.408. The minimum absolute atomic E-state index is 0.408. The summed E-state index contributed by atoms with van der Waals surface area (Å²) in [6.45, 7) is 6.42. The summed E-state index contributed by atoms with van der Waals surface area (Å²) in [6, 6.07) is 26.0. The first kappa shape index (κ1) is 21.7. The highest BCUT2D eigenvalue weighted by atomic mass is 16.1. The Labute approximate surface area is 190 Å². The van der Waals surface area contributed by atoms with Gasteiger partial charge in [-0.1, -0.05) is 42.5 Å². The summed E-state index contributed by atoms with van der Waals surface area (Å²) in [6.07, 6.45) is 0. The number of carbonyl (C=O) groups is 1. The van der Waals surface area contributed by atoms with Gasteiger partial charge in [0.05, 0.1) is 5.56 Å². The monoisotopic (exact) mass is 429 g/mol. The number of piperazine rings is 1. The topological polar surface area (TPSA) is 78.8 Å². The Balaban J connectivity index is 1.45. The van der Waals surface area contributed by atoms with E-state index in [1.54, 1.807) is 6.07 Å². The first-order valence-corrected chi connectivity index (χ1v) is 11.1. The van der Waals surface area contributed by atoms with Gasteiger partial charge in [-0.25, -0.2) is 0 Å². The molecule has 1 fully saturated rings. The lowest BCUT2D eigenvalue weighted by Crippen LogP contribution is -2.48. The fourth-order valence-electron chi connectivity index (χ4n) is 4.28. The summed E-state index contributed by atoms with van der Waals surface area (Å²) in [7, 11) is 0. The van der Waals surface area contributed by atoms with Gasteiger partial charge in [0.2, 0.25) is 0 Å². The van der Waals surface area contributed by atoms with Crippen LogP contribution in [0.25, 0.3) is 0 Å². The number of hydrogen-bond acceptors (Lipinski definition) is 5. The number of benzene rings is 3. The Morgan fingerprint density at radius 3 is 2.31 bits per heavy atom. The van der Waals surface area contributed by atoms with Crippen LogP contribution in [0.3, 0.4) is 0 Å². The molecule has 0 spiro atoms. The number of carbonyl (C=O) groups excluding carboxylic acids is 1. The second-order valence-electron chi connectivity index (χ2n) is 8.21. The van der Waals surface area contributed by atoms with Crippen LogP contribution >= 0.6 is 0 Å². The van der Waals surface area contributed by atoms with Gasteiger partial charge in [0.1, 0.15) is 0 Å². The van der Waals surface area contributed by atoms with Gasteiger partial charge < -0.3 is 21.3 Å². The maximum Gasteiger partial charge on any atom is 0.250 e. The largest absolute Gasteiger partial charge is 0.399 e. The maximum atomic E-state index is 12.1. The van der Waals surface area contributed by atoms with E-state index in [9.17, 15) is 4.79 Å². The molecule has 0 aliphatic carbocycles. The van der Waals surface area contributed by atoms with Crippen LogP contribution in [-0.2, 0) is 6.54 Å². The van der Waals surface area contributed by atoms with Crippen LogP contribution in [0.5, 0.6) is 0 Å². The Morgan fingerprint density at radius 1 is 0.875 bits per heavy atom. The molecule has 32 heavy (non-hydrogen) atoms. The zero-order chi connectivity index (χ0) is 22.3. The lowest BCUT2D eigenvalue weighted by atomic mass is 10.1. The van der Waals surface area contributed by atoms with Crippen molar-refractivity contribution >= 4 is 23.0 Å². The van der Waals surface area contributed by atoms with E-state index in [1.165, 1.54) is 5.69 Å². The Morgan fingerprint density at radius 2 is 1.59 bits per heavy atom. The normalized spacial score (nSPS) is 14.3. The van der Waals surface area contributed by atoms with Crippen LogP contribution in [0.1, 0.15) is 15.9 Å². The zero-order valence-corrected chi connectivity index (χ0v) is 18.4. The van der Waals surface area contributed by atoms with Gasteiger partial charge in [-0.3, -0.25) is 9.69 Å². The third-order valence-electron chi connectivity index (χ3n) is 6.01. The number of nitrogens with two attached hydrogens (primary N) is 2. The molecule has 4 rings (SSSR count). The lowest BCUT2D eigenvalue weighted by molar-refractivity contribution is 0.100. The molecule has 1 saturated heterocycles. The molecule has 3 aromatic carbocycles. The van der Waals surface area contributed by atoms with Gasteiger partial charge >= 0.3 is 0 Å². The second kappa shape index (κ2) is 10.2. The predicted octanol–water partition coefficient (Wildman–Crippen LogP) is 3.20. The number of para-hydroxylation sites is 2. The number of nitrogens with zero attached hydrogens (tertiary/aromatic N) is 3. The van der Waals surface area contributed by atoms with Crippen molar-refractivity contribution < 1.29 is 4.79 Å². The number of nitrogen functional groups attached to an aromatic ring is 1. The van der Waals surface area contributed by atoms with Crippen molar-refractivity contribution in [2.75, 3.05) is 54.8 Å². The van der Waals surface area contributed by atoms with Crippen molar-refractivity contribution in [2.24, 2.45) is 5.73 Å². The highest BCUT2D eigenvalue weighted by Crippen LogP contribution is 2.23. The summed E-state index contributed by atoms with van der Waals surface area (Å²) in [5.41, 5.74) is 16.2. The summed E-state index contributed by atoms with van der Waals surface area (Å²) >= 11 is 0. The number of primary amides is 1. The van der Waals surface area contributed by atoms with Crippen molar-refractivity contribution in [3.05, 3.63) is 90.0 Å². The van der Waals surface area contributed by atoms with Crippen molar-refractivity contribution in [1.82, 2.24) is 4.90 Å². The quantitative estimate of drug-likeness (QED) is 0.538. The number of hydrogen-bond donors (Lipinski definition) is 2. The van der Waals surface area contributed by atoms with Gasteiger partial charge in [-0.2, -0.15) is 0 Å². The Hall–Kier alpha value is -3.51. The van der Waals surface area contributed by atoms with Crippen LogP contribution in [0.4, 0.5) is 17.1 Å². The van der Waals surface area contributed by atoms with E-state index in [2.05, 4.69) is 51.1 Å². The SMILES string of the molecule is NC(=O)c1ccccc1N(CCN1CCN(c2ccccc2)CC1)Cc1cccc(N)c1. The molecule has 1 aliphatic heterocycles. The zero-order valence-electron chi connectivity index (χ0n) is 18.4. The smallest absolute Gasteiger partial charge is 0.250 e. The standard InChI is InChI=1S/C26H31N5O/c27-22-8-6-7-21(19-22)20-31(25-12-5-4-11-24(25)26(28)32)18-15-29-13-16-30(17-14-29)23-9-2-1-3-10-23/h1-12,19H,13-18,20,27H2,(H2,28,32). The first-order chi connectivity index (χ1) is 15.6. The summed E-state index contributed by atoms with van der Waals surface area (Å²) in [4.78, 5) is 19.2. The van der Waals surface area contributed by atoms with E-state index in [0.717, 1.165) is 56.2 Å². The molecule has 1 heterocycles. The third-order valence-corrected chi connectivity index (χ3v) is 6.01. The van der Waals surface area contributed by atoms with Crippen LogP contribution in [0.2, 0.25) is 0 Å². The van der Waals surface area contributed by atoms with E-state index < -0.39 is 5.91 Å². The molecule has 0 atom stereocenters. The van der Waals surface area contributed by atoms with Crippen LogP contribution in [0.15, 0.2) is 78.9 Å². The van der Waals surface area contributed by atoms with E-state index in [4.69, 9.17) is 11.5 Å². The van der Waals surface area contributed by atoms with Gasteiger partial charge in [0, 0.05) is 62.9 Å². The predicted molar refractivity (Wildman–Crippen MR) is 132 cm³/mol. The molecule has 4 N–H and O–H groups in total. The van der Waals surface area contributed by atoms with E-state index in [0.29, 0.717) is 12.1 Å². The third kappa shape index (κ3) is 5.39. The van der Waals surface area contributed by atoms with E-state index in [-0.39, 0.29) is 0 Å². The van der Waals surface area contributed by atoms with Crippen LogP contribution in [0, 0.1) is 0 Å². The van der Waals surface area contributed by atoms with Gasteiger partial charge in [0.25, 0.3) is 5.91 Å². The maximum absolute atomic E-state index is 12.1. The van der Waals surface area contributed by atoms with Gasteiger partial charge in [-0.05, 0) is 42.0 Å². The number of amides is 1. The Kier molecular flexibility index (Phi) is 6.92. The van der Waals surface area contributed by atoms with Gasteiger partial charge in [-0.15, -0.1) is 0 Å². The molecule has 0 bridgehead atoms. The van der Waals surface area contributed by atoms with E-state index in [1.807, 2.05) is 36.4 Å². The molecule has 3 aromatic rings.